The van der Waals surface area contributed by atoms with E-state index in [1.54, 1.807) is 48.5 Å². The van der Waals surface area contributed by atoms with E-state index in [2.05, 4.69) is 17.4 Å². The van der Waals surface area contributed by atoms with Gasteiger partial charge in [0.25, 0.3) is 5.91 Å². The van der Waals surface area contributed by atoms with Crippen LogP contribution in [-0.4, -0.2) is 17.7 Å². The van der Waals surface area contributed by atoms with Crippen molar-refractivity contribution in [3.8, 4) is 0 Å². The molecule has 1 heterocycles. The molecule has 0 radical (unpaired) electrons. The molecule has 0 unspecified atom stereocenters. The molecule has 3 aromatic carbocycles. The third-order valence-corrected chi connectivity index (χ3v) is 7.04. The SMILES string of the molecule is O=C(Nc1ccccc1Cl)c1ccc(N2C(=O)[C@H]3C[C@@H](c4ccccc4)CC[C@H]3C2=O)cc1. The molecule has 0 bridgehead atoms. The highest BCUT2D eigenvalue weighted by molar-refractivity contribution is 6.33. The number of anilines is 2. The van der Waals surface area contributed by atoms with Gasteiger partial charge in [-0.1, -0.05) is 54.1 Å². The molecule has 3 aromatic rings. The summed E-state index contributed by atoms with van der Waals surface area (Å²) in [6.45, 7) is 0. The fourth-order valence-corrected chi connectivity index (χ4v) is 5.16. The fraction of sp³-hybridized carbons (Fsp3) is 0.222. The maximum Gasteiger partial charge on any atom is 0.255 e. The average molecular weight is 459 g/mol. The van der Waals surface area contributed by atoms with E-state index in [9.17, 15) is 14.4 Å². The Morgan fingerprint density at radius 2 is 1.48 bits per heavy atom. The van der Waals surface area contributed by atoms with E-state index in [1.165, 1.54) is 10.5 Å². The lowest BCUT2D eigenvalue weighted by molar-refractivity contribution is -0.122. The second kappa shape index (κ2) is 8.83. The summed E-state index contributed by atoms with van der Waals surface area (Å²) < 4.78 is 0. The Kier molecular flexibility index (Phi) is 5.73. The van der Waals surface area contributed by atoms with Crippen molar-refractivity contribution in [3.63, 3.8) is 0 Å². The number of fused-ring (bicyclic) bond motifs is 1. The van der Waals surface area contributed by atoms with Crippen LogP contribution in [0.25, 0.3) is 0 Å². The van der Waals surface area contributed by atoms with Crippen molar-refractivity contribution in [2.75, 3.05) is 10.2 Å². The molecule has 3 amide bonds. The van der Waals surface area contributed by atoms with Crippen molar-refractivity contribution < 1.29 is 14.4 Å². The van der Waals surface area contributed by atoms with Crippen LogP contribution in [0.15, 0.2) is 78.9 Å². The molecule has 1 N–H and O–H groups in total. The summed E-state index contributed by atoms with van der Waals surface area (Å²) in [5.41, 5.74) is 2.67. The number of nitrogens with zero attached hydrogens (tertiary/aromatic N) is 1. The van der Waals surface area contributed by atoms with Gasteiger partial charge in [0.2, 0.25) is 11.8 Å². The van der Waals surface area contributed by atoms with E-state index in [0.717, 1.165) is 6.42 Å². The zero-order valence-corrected chi connectivity index (χ0v) is 18.7. The maximum atomic E-state index is 13.2. The molecule has 1 aliphatic carbocycles. The van der Waals surface area contributed by atoms with Crippen molar-refractivity contribution in [3.05, 3.63) is 95.0 Å². The number of para-hydroxylation sites is 1. The van der Waals surface area contributed by atoms with Crippen LogP contribution >= 0.6 is 11.6 Å². The van der Waals surface area contributed by atoms with E-state index < -0.39 is 0 Å². The van der Waals surface area contributed by atoms with Gasteiger partial charge in [0.15, 0.2) is 0 Å². The molecule has 0 spiro atoms. The van der Waals surface area contributed by atoms with Crippen LogP contribution in [0, 0.1) is 11.8 Å². The number of imide groups is 1. The van der Waals surface area contributed by atoms with E-state index >= 15 is 0 Å². The second-order valence-electron chi connectivity index (χ2n) is 8.63. The molecule has 2 fully saturated rings. The molecular weight excluding hydrogens is 436 g/mol. The smallest absolute Gasteiger partial charge is 0.255 e. The van der Waals surface area contributed by atoms with Gasteiger partial charge in [0.05, 0.1) is 28.2 Å². The summed E-state index contributed by atoms with van der Waals surface area (Å²) >= 11 is 6.11. The van der Waals surface area contributed by atoms with Crippen molar-refractivity contribution in [2.24, 2.45) is 11.8 Å². The van der Waals surface area contributed by atoms with E-state index in [1.807, 2.05) is 18.2 Å². The van der Waals surface area contributed by atoms with E-state index in [4.69, 9.17) is 11.6 Å². The minimum absolute atomic E-state index is 0.134. The number of nitrogens with one attached hydrogen (secondary N) is 1. The van der Waals surface area contributed by atoms with Gasteiger partial charge in [-0.05, 0) is 67.1 Å². The minimum atomic E-state index is -0.312. The maximum absolute atomic E-state index is 13.2. The topological polar surface area (TPSA) is 66.5 Å². The zero-order valence-electron chi connectivity index (χ0n) is 17.9. The number of carbonyl (C=O) groups excluding carboxylic acids is 3. The minimum Gasteiger partial charge on any atom is -0.321 e. The van der Waals surface area contributed by atoms with Gasteiger partial charge in [0, 0.05) is 5.56 Å². The van der Waals surface area contributed by atoms with Crippen molar-refractivity contribution in [1.29, 1.82) is 0 Å². The Hall–Kier alpha value is -3.44. The molecule has 1 aliphatic heterocycles. The van der Waals surface area contributed by atoms with Crippen LogP contribution in [0.5, 0.6) is 0 Å². The third-order valence-electron chi connectivity index (χ3n) is 6.71. The molecule has 5 nitrogen and oxygen atoms in total. The average Bonchev–Trinajstić information content (AvgIpc) is 3.10. The van der Waals surface area contributed by atoms with E-state index in [-0.39, 0.29) is 29.6 Å². The Labute approximate surface area is 197 Å². The van der Waals surface area contributed by atoms with Crippen molar-refractivity contribution in [1.82, 2.24) is 0 Å². The van der Waals surface area contributed by atoms with Crippen LogP contribution in [0.3, 0.4) is 0 Å². The first-order chi connectivity index (χ1) is 16.0. The highest BCUT2D eigenvalue weighted by atomic mass is 35.5. The third kappa shape index (κ3) is 4.05. The lowest BCUT2D eigenvalue weighted by Gasteiger charge is -2.28. The lowest BCUT2D eigenvalue weighted by Crippen LogP contribution is -2.30. The molecule has 1 saturated heterocycles. The van der Waals surface area contributed by atoms with Crippen LogP contribution in [-0.2, 0) is 9.59 Å². The molecule has 5 rings (SSSR count). The molecule has 3 atom stereocenters. The number of hydrogen-bond donors (Lipinski definition) is 1. The second-order valence-corrected chi connectivity index (χ2v) is 9.03. The number of benzene rings is 3. The Balaban J connectivity index is 1.31. The zero-order chi connectivity index (χ0) is 22.9. The van der Waals surface area contributed by atoms with Gasteiger partial charge in [-0.2, -0.15) is 0 Å². The summed E-state index contributed by atoms with van der Waals surface area (Å²) in [6, 6.07) is 23.8. The monoisotopic (exact) mass is 458 g/mol. The van der Waals surface area contributed by atoms with Gasteiger partial charge in [0.1, 0.15) is 0 Å². The molecular formula is C27H23ClN2O3. The highest BCUT2D eigenvalue weighted by Gasteiger charge is 2.50. The number of amides is 3. The van der Waals surface area contributed by atoms with Crippen LogP contribution in [0.4, 0.5) is 11.4 Å². The van der Waals surface area contributed by atoms with Crippen LogP contribution in [0.2, 0.25) is 5.02 Å². The number of halogens is 1. The normalized spacial score (nSPS) is 22.2. The highest BCUT2D eigenvalue weighted by Crippen LogP contribution is 2.45. The largest absolute Gasteiger partial charge is 0.321 e. The molecule has 166 valence electrons. The first-order valence-electron chi connectivity index (χ1n) is 11.1. The Morgan fingerprint density at radius 1 is 0.818 bits per heavy atom. The molecule has 6 heteroatoms. The summed E-state index contributed by atoms with van der Waals surface area (Å²) in [5, 5.41) is 3.23. The number of carbonyl (C=O) groups is 3. The van der Waals surface area contributed by atoms with Gasteiger partial charge in [-0.15, -0.1) is 0 Å². The predicted molar refractivity (Wildman–Crippen MR) is 128 cm³/mol. The van der Waals surface area contributed by atoms with Gasteiger partial charge < -0.3 is 5.32 Å². The number of rotatable bonds is 4. The van der Waals surface area contributed by atoms with Gasteiger partial charge >= 0.3 is 0 Å². The van der Waals surface area contributed by atoms with Crippen molar-refractivity contribution >= 4 is 40.7 Å². The van der Waals surface area contributed by atoms with E-state index in [0.29, 0.717) is 40.7 Å². The van der Waals surface area contributed by atoms with Crippen LogP contribution in [0.1, 0.15) is 41.1 Å². The molecule has 0 aromatic heterocycles. The first kappa shape index (κ1) is 21.4. The molecule has 2 aliphatic rings. The van der Waals surface area contributed by atoms with Crippen LogP contribution < -0.4 is 10.2 Å². The summed E-state index contributed by atoms with van der Waals surface area (Å²) in [6.07, 6.45) is 2.30. The molecule has 33 heavy (non-hydrogen) atoms. The fourth-order valence-electron chi connectivity index (χ4n) is 4.98. The van der Waals surface area contributed by atoms with Crippen molar-refractivity contribution in [2.45, 2.75) is 25.2 Å². The molecule has 1 saturated carbocycles. The summed E-state index contributed by atoms with van der Waals surface area (Å²) in [7, 11) is 0. The predicted octanol–water partition coefficient (Wildman–Crippen LogP) is 5.67. The Morgan fingerprint density at radius 3 is 2.21 bits per heavy atom. The number of hydrogen-bond acceptors (Lipinski definition) is 3. The quantitative estimate of drug-likeness (QED) is 0.512. The summed E-state index contributed by atoms with van der Waals surface area (Å²) in [5.74, 6) is -0.850. The van der Waals surface area contributed by atoms with Gasteiger partial charge in [-0.3, -0.25) is 19.3 Å². The summed E-state index contributed by atoms with van der Waals surface area (Å²) in [4.78, 5) is 40.2. The Bertz CT molecular complexity index is 1210. The standard InChI is InChI=1S/C27H23ClN2O3/c28-23-8-4-5-9-24(23)29-25(31)18-10-13-20(14-11-18)30-26(32)21-15-12-19(16-22(21)27(30)33)17-6-2-1-3-7-17/h1-11,13-14,19,21-22H,12,15-16H2,(H,29,31)/t19-,21+,22-/m0/s1. The van der Waals surface area contributed by atoms with Gasteiger partial charge in [-0.25, -0.2) is 0 Å². The first-order valence-corrected chi connectivity index (χ1v) is 11.5. The lowest BCUT2D eigenvalue weighted by atomic mass is 9.73.